The Morgan fingerprint density at radius 2 is 1.96 bits per heavy atom. The first-order valence-corrected chi connectivity index (χ1v) is 7.71. The van der Waals surface area contributed by atoms with Crippen LogP contribution in [0.1, 0.15) is 6.92 Å². The van der Waals surface area contributed by atoms with E-state index in [-0.39, 0.29) is 5.56 Å². The van der Waals surface area contributed by atoms with Crippen LogP contribution in [0.2, 0.25) is 0 Å². The van der Waals surface area contributed by atoms with Crippen molar-refractivity contribution in [1.82, 2.24) is 15.0 Å². The van der Waals surface area contributed by atoms with E-state index < -0.39 is 0 Å². The van der Waals surface area contributed by atoms with Crippen LogP contribution in [0.3, 0.4) is 0 Å². The lowest BCUT2D eigenvalue weighted by Gasteiger charge is -2.06. The quantitative estimate of drug-likeness (QED) is 0.540. The Morgan fingerprint density at radius 1 is 1.12 bits per heavy atom. The van der Waals surface area contributed by atoms with E-state index in [2.05, 4.69) is 15.0 Å². The molecular weight excluding hydrogens is 304 g/mol. The molecule has 0 aliphatic rings. The SMILES string of the molecule is CCOc1ccc2nc(-c3c(N)c4ccccc4[nH]c3=O)[nH]c2c1. The van der Waals surface area contributed by atoms with Gasteiger partial charge in [-0.15, -0.1) is 0 Å². The lowest BCUT2D eigenvalue weighted by Crippen LogP contribution is -2.13. The van der Waals surface area contributed by atoms with Gasteiger partial charge in [0.05, 0.1) is 28.8 Å². The zero-order valence-electron chi connectivity index (χ0n) is 13.1. The number of nitrogen functional groups attached to an aromatic ring is 1. The number of anilines is 1. The number of benzene rings is 2. The average Bonchev–Trinajstić information content (AvgIpc) is 2.98. The number of nitrogens with zero attached hydrogens (tertiary/aromatic N) is 1. The molecule has 0 fully saturated rings. The maximum Gasteiger partial charge on any atom is 0.261 e. The zero-order chi connectivity index (χ0) is 16.7. The van der Waals surface area contributed by atoms with E-state index in [0.29, 0.717) is 29.2 Å². The number of hydrogen-bond donors (Lipinski definition) is 3. The van der Waals surface area contributed by atoms with E-state index in [0.717, 1.165) is 22.2 Å². The standard InChI is InChI=1S/C18H16N4O2/c1-2-24-10-7-8-13-14(9-10)21-17(20-13)15-16(19)11-5-3-4-6-12(11)22-18(15)23/h3-9H,2H2,1H3,(H,20,21)(H3,19,22,23). The normalized spacial score (nSPS) is 11.2. The predicted molar refractivity (Wildman–Crippen MR) is 95.2 cm³/mol. The highest BCUT2D eigenvalue weighted by molar-refractivity contribution is 5.97. The average molecular weight is 320 g/mol. The first-order valence-electron chi connectivity index (χ1n) is 7.71. The molecule has 0 radical (unpaired) electrons. The van der Waals surface area contributed by atoms with Crippen molar-refractivity contribution in [2.75, 3.05) is 12.3 Å². The summed E-state index contributed by atoms with van der Waals surface area (Å²) in [6, 6.07) is 13.0. The molecule has 6 nitrogen and oxygen atoms in total. The van der Waals surface area contributed by atoms with Crippen LogP contribution in [-0.4, -0.2) is 21.6 Å². The molecule has 4 aromatic rings. The minimum Gasteiger partial charge on any atom is -0.494 e. The molecule has 0 bridgehead atoms. The molecule has 0 aliphatic heterocycles. The number of pyridine rings is 1. The Morgan fingerprint density at radius 3 is 2.79 bits per heavy atom. The van der Waals surface area contributed by atoms with Gasteiger partial charge in [0.1, 0.15) is 17.1 Å². The smallest absolute Gasteiger partial charge is 0.261 e. The summed E-state index contributed by atoms with van der Waals surface area (Å²) in [4.78, 5) is 23.0. The van der Waals surface area contributed by atoms with Gasteiger partial charge < -0.3 is 20.4 Å². The highest BCUT2D eigenvalue weighted by atomic mass is 16.5. The Kier molecular flexibility index (Phi) is 3.23. The van der Waals surface area contributed by atoms with Crippen LogP contribution in [0.4, 0.5) is 5.69 Å². The van der Waals surface area contributed by atoms with Gasteiger partial charge >= 0.3 is 0 Å². The molecule has 0 unspecified atom stereocenters. The van der Waals surface area contributed by atoms with Gasteiger partial charge in [0.15, 0.2) is 0 Å². The molecule has 24 heavy (non-hydrogen) atoms. The zero-order valence-corrected chi connectivity index (χ0v) is 13.1. The molecule has 0 saturated heterocycles. The second kappa shape index (κ2) is 5.42. The Hall–Kier alpha value is -3.28. The minimum atomic E-state index is -0.268. The lowest BCUT2D eigenvalue weighted by atomic mass is 10.1. The number of hydrogen-bond acceptors (Lipinski definition) is 4. The second-order valence-electron chi connectivity index (χ2n) is 5.49. The van der Waals surface area contributed by atoms with Crippen molar-refractivity contribution in [3.05, 3.63) is 52.8 Å². The number of rotatable bonds is 3. The molecule has 0 amide bonds. The number of ether oxygens (including phenoxy) is 1. The third-order valence-electron chi connectivity index (χ3n) is 3.96. The highest BCUT2D eigenvalue weighted by Gasteiger charge is 2.15. The van der Waals surface area contributed by atoms with E-state index in [9.17, 15) is 4.79 Å². The molecule has 2 heterocycles. The summed E-state index contributed by atoms with van der Waals surface area (Å²) in [6.07, 6.45) is 0. The van der Waals surface area contributed by atoms with Gasteiger partial charge in [-0.25, -0.2) is 4.98 Å². The number of H-pyrrole nitrogens is 2. The maximum atomic E-state index is 12.5. The van der Waals surface area contributed by atoms with Crippen LogP contribution in [0.25, 0.3) is 33.3 Å². The van der Waals surface area contributed by atoms with Crippen molar-refractivity contribution in [3.8, 4) is 17.1 Å². The molecule has 0 aliphatic carbocycles. The molecule has 120 valence electrons. The highest BCUT2D eigenvalue weighted by Crippen LogP contribution is 2.28. The van der Waals surface area contributed by atoms with Gasteiger partial charge in [0.2, 0.25) is 0 Å². The van der Waals surface area contributed by atoms with Crippen molar-refractivity contribution in [3.63, 3.8) is 0 Å². The van der Waals surface area contributed by atoms with Gasteiger partial charge in [-0.1, -0.05) is 18.2 Å². The Labute approximate surface area is 137 Å². The lowest BCUT2D eigenvalue weighted by molar-refractivity contribution is 0.340. The summed E-state index contributed by atoms with van der Waals surface area (Å²) in [6.45, 7) is 2.52. The van der Waals surface area contributed by atoms with Crippen LogP contribution in [0.15, 0.2) is 47.3 Å². The first kappa shape index (κ1) is 14.3. The molecule has 0 atom stereocenters. The van der Waals surface area contributed by atoms with Crippen LogP contribution in [0.5, 0.6) is 5.75 Å². The van der Waals surface area contributed by atoms with Crippen molar-refractivity contribution in [1.29, 1.82) is 0 Å². The van der Waals surface area contributed by atoms with Crippen molar-refractivity contribution in [2.24, 2.45) is 0 Å². The second-order valence-corrected chi connectivity index (χ2v) is 5.49. The summed E-state index contributed by atoms with van der Waals surface area (Å²) in [5.41, 5.74) is 9.00. The van der Waals surface area contributed by atoms with Crippen LogP contribution in [-0.2, 0) is 0 Å². The van der Waals surface area contributed by atoms with Crippen molar-refractivity contribution >= 4 is 27.6 Å². The van der Waals surface area contributed by atoms with E-state index >= 15 is 0 Å². The number of nitrogens with one attached hydrogen (secondary N) is 2. The number of imidazole rings is 1. The fourth-order valence-corrected chi connectivity index (χ4v) is 2.87. The largest absolute Gasteiger partial charge is 0.494 e. The summed E-state index contributed by atoms with van der Waals surface area (Å²) in [5.74, 6) is 1.20. The van der Waals surface area contributed by atoms with Crippen LogP contribution < -0.4 is 16.0 Å². The minimum absolute atomic E-state index is 0.268. The fraction of sp³-hybridized carbons (Fsp3) is 0.111. The molecular formula is C18H16N4O2. The van der Waals surface area contributed by atoms with Crippen molar-refractivity contribution in [2.45, 2.75) is 6.92 Å². The van der Waals surface area contributed by atoms with Gasteiger partial charge in [-0.05, 0) is 25.1 Å². The number of nitrogens with two attached hydrogens (primary N) is 1. The first-order chi connectivity index (χ1) is 11.7. The predicted octanol–water partition coefficient (Wildman–Crippen LogP) is 3.05. The van der Waals surface area contributed by atoms with E-state index in [1.165, 1.54) is 0 Å². The Balaban J connectivity index is 1.94. The molecule has 2 aromatic heterocycles. The summed E-state index contributed by atoms with van der Waals surface area (Å²) in [5, 5.41) is 0.794. The van der Waals surface area contributed by atoms with E-state index in [4.69, 9.17) is 10.5 Å². The fourth-order valence-electron chi connectivity index (χ4n) is 2.87. The van der Waals surface area contributed by atoms with Crippen LogP contribution in [0, 0.1) is 0 Å². The third-order valence-corrected chi connectivity index (χ3v) is 3.96. The van der Waals surface area contributed by atoms with Crippen molar-refractivity contribution < 1.29 is 4.74 Å². The third kappa shape index (κ3) is 2.20. The van der Waals surface area contributed by atoms with Gasteiger partial charge in [-0.2, -0.15) is 0 Å². The molecule has 4 N–H and O–H groups in total. The number of fused-ring (bicyclic) bond motifs is 2. The Bertz CT molecular complexity index is 1110. The maximum absolute atomic E-state index is 12.5. The topological polar surface area (TPSA) is 96.8 Å². The molecule has 4 rings (SSSR count). The summed E-state index contributed by atoms with van der Waals surface area (Å²) in [7, 11) is 0. The number of para-hydroxylation sites is 1. The molecule has 0 spiro atoms. The van der Waals surface area contributed by atoms with E-state index in [1.807, 2.05) is 49.4 Å². The monoisotopic (exact) mass is 320 g/mol. The number of aromatic amines is 2. The van der Waals surface area contributed by atoms with Gasteiger partial charge in [0.25, 0.3) is 5.56 Å². The molecule has 6 heteroatoms. The van der Waals surface area contributed by atoms with Gasteiger partial charge in [-0.3, -0.25) is 4.79 Å². The van der Waals surface area contributed by atoms with E-state index in [1.54, 1.807) is 0 Å². The number of aromatic nitrogens is 3. The summed E-state index contributed by atoms with van der Waals surface area (Å²) < 4.78 is 5.49. The van der Waals surface area contributed by atoms with Gasteiger partial charge in [0, 0.05) is 11.5 Å². The molecule has 0 saturated carbocycles. The molecule has 2 aromatic carbocycles. The summed E-state index contributed by atoms with van der Waals surface area (Å²) >= 11 is 0. The van der Waals surface area contributed by atoms with Crippen LogP contribution >= 0.6 is 0 Å².